The molecule has 0 atom stereocenters. The Morgan fingerprint density at radius 1 is 1.30 bits per heavy atom. The molecule has 0 fully saturated rings. The maximum Gasteiger partial charge on any atom is 0.339 e. The van der Waals surface area contributed by atoms with Gasteiger partial charge in [0.25, 0.3) is 9.05 Å². The second-order valence-corrected chi connectivity index (χ2v) is 7.87. The Kier molecular flexibility index (Phi) is 6.13. The van der Waals surface area contributed by atoms with Gasteiger partial charge >= 0.3 is 5.97 Å². The fourth-order valence-electron chi connectivity index (χ4n) is 1.32. The van der Waals surface area contributed by atoms with E-state index in [4.69, 9.17) is 38.6 Å². The van der Waals surface area contributed by atoms with Gasteiger partial charge < -0.3 is 4.74 Å². The molecule has 0 N–H and O–H groups in total. The van der Waals surface area contributed by atoms with Crippen molar-refractivity contribution >= 4 is 48.9 Å². The van der Waals surface area contributed by atoms with E-state index in [9.17, 15) is 13.2 Å². The lowest BCUT2D eigenvalue weighted by Crippen LogP contribution is -2.10. The minimum atomic E-state index is -4.01. The maximum atomic E-state index is 11.9. The fraction of sp³-hybridized carbons (Fsp3) is 0.417. The monoisotopic (exact) mass is 358 g/mol. The summed E-state index contributed by atoms with van der Waals surface area (Å²) in [6.45, 7) is 4.18. The number of carbonyl (C=O) groups is 1. The van der Waals surface area contributed by atoms with Crippen LogP contribution in [0.15, 0.2) is 17.0 Å². The summed E-state index contributed by atoms with van der Waals surface area (Å²) >= 11 is 11.7. The largest absolute Gasteiger partial charge is 0.462 e. The molecule has 0 saturated heterocycles. The summed E-state index contributed by atoms with van der Waals surface area (Å²) in [6.07, 6.45) is 0.685. The van der Waals surface area contributed by atoms with Crippen molar-refractivity contribution in [2.75, 3.05) is 6.61 Å². The molecule has 0 saturated carbocycles. The molecule has 4 nitrogen and oxygen atoms in total. The highest BCUT2D eigenvalue weighted by Crippen LogP contribution is 2.31. The van der Waals surface area contributed by atoms with Crippen molar-refractivity contribution in [1.82, 2.24) is 0 Å². The second-order valence-electron chi connectivity index (χ2n) is 4.52. The highest BCUT2D eigenvalue weighted by atomic mass is 35.7. The van der Waals surface area contributed by atoms with Crippen molar-refractivity contribution in [2.45, 2.75) is 25.2 Å². The third-order valence-electron chi connectivity index (χ3n) is 2.43. The minimum Gasteiger partial charge on any atom is -0.462 e. The smallest absolute Gasteiger partial charge is 0.339 e. The first-order valence-electron chi connectivity index (χ1n) is 5.73. The summed E-state index contributed by atoms with van der Waals surface area (Å²) in [5, 5.41) is -0.144. The van der Waals surface area contributed by atoms with Gasteiger partial charge in [0.2, 0.25) is 0 Å². The van der Waals surface area contributed by atoms with Crippen LogP contribution >= 0.6 is 33.9 Å². The SMILES string of the molecule is CC(C)CCOC(=O)c1cc(S(=O)(=O)Cl)cc(Cl)c1Cl. The first-order valence-corrected chi connectivity index (χ1v) is 8.80. The second kappa shape index (κ2) is 6.98. The lowest BCUT2D eigenvalue weighted by atomic mass is 10.1. The molecule has 1 rings (SSSR count). The minimum absolute atomic E-state index is 0.0646. The number of esters is 1. The van der Waals surface area contributed by atoms with E-state index in [1.54, 1.807) is 0 Å². The van der Waals surface area contributed by atoms with Crippen molar-refractivity contribution in [2.24, 2.45) is 5.92 Å². The molecule has 112 valence electrons. The van der Waals surface area contributed by atoms with E-state index in [1.165, 1.54) is 0 Å². The van der Waals surface area contributed by atoms with Crippen molar-refractivity contribution < 1.29 is 17.9 Å². The molecular weight excluding hydrogens is 347 g/mol. The van der Waals surface area contributed by atoms with Gasteiger partial charge in [-0.15, -0.1) is 0 Å². The highest BCUT2D eigenvalue weighted by Gasteiger charge is 2.20. The number of hydrogen-bond donors (Lipinski definition) is 0. The summed E-state index contributed by atoms with van der Waals surface area (Å²) < 4.78 is 27.6. The molecular formula is C12H13Cl3O4S. The van der Waals surface area contributed by atoms with Crippen LogP contribution in [-0.2, 0) is 13.8 Å². The molecule has 0 amide bonds. The molecule has 1 aromatic rings. The molecule has 0 bridgehead atoms. The van der Waals surface area contributed by atoms with Gasteiger partial charge in [-0.2, -0.15) is 0 Å². The van der Waals surface area contributed by atoms with Crippen LogP contribution in [0.3, 0.4) is 0 Å². The van der Waals surface area contributed by atoms with E-state index in [1.807, 2.05) is 13.8 Å². The molecule has 0 aliphatic carbocycles. The van der Waals surface area contributed by atoms with Gasteiger partial charge in [0.05, 0.1) is 27.1 Å². The van der Waals surface area contributed by atoms with E-state index < -0.39 is 15.0 Å². The molecule has 1 aromatic carbocycles. The van der Waals surface area contributed by atoms with Crippen LogP contribution in [0.2, 0.25) is 10.0 Å². The summed E-state index contributed by atoms with van der Waals surface area (Å²) in [4.78, 5) is 11.6. The van der Waals surface area contributed by atoms with Crippen LogP contribution in [0.1, 0.15) is 30.6 Å². The predicted octanol–water partition coefficient (Wildman–Crippen LogP) is 4.12. The van der Waals surface area contributed by atoms with Crippen LogP contribution in [0.5, 0.6) is 0 Å². The van der Waals surface area contributed by atoms with E-state index >= 15 is 0 Å². The Morgan fingerprint density at radius 2 is 1.90 bits per heavy atom. The number of rotatable bonds is 5. The van der Waals surface area contributed by atoms with Gasteiger partial charge in [0.1, 0.15) is 0 Å². The van der Waals surface area contributed by atoms with Crippen molar-refractivity contribution in [3.8, 4) is 0 Å². The van der Waals surface area contributed by atoms with E-state index in [0.717, 1.165) is 12.1 Å². The highest BCUT2D eigenvalue weighted by molar-refractivity contribution is 8.13. The molecule has 0 spiro atoms. The van der Waals surface area contributed by atoms with Crippen molar-refractivity contribution in [3.05, 3.63) is 27.7 Å². The number of carbonyl (C=O) groups excluding carboxylic acids is 1. The number of benzene rings is 1. The van der Waals surface area contributed by atoms with Crippen molar-refractivity contribution in [1.29, 1.82) is 0 Å². The Balaban J connectivity index is 3.05. The number of halogens is 3. The third-order valence-corrected chi connectivity index (χ3v) is 4.57. The first kappa shape index (κ1) is 17.6. The zero-order valence-corrected chi connectivity index (χ0v) is 13.9. The van der Waals surface area contributed by atoms with Gasteiger partial charge in [0, 0.05) is 10.7 Å². The zero-order valence-electron chi connectivity index (χ0n) is 10.8. The normalized spacial score (nSPS) is 11.7. The molecule has 0 aromatic heterocycles. The predicted molar refractivity (Wildman–Crippen MR) is 79.2 cm³/mol. The summed E-state index contributed by atoms with van der Waals surface area (Å²) in [6, 6.07) is 2.13. The number of hydrogen-bond acceptors (Lipinski definition) is 4. The zero-order chi connectivity index (χ0) is 15.5. The van der Waals surface area contributed by atoms with Crippen LogP contribution in [0, 0.1) is 5.92 Å². The average Bonchev–Trinajstić information content (AvgIpc) is 2.30. The molecule has 0 aliphatic heterocycles. The van der Waals surface area contributed by atoms with Gasteiger partial charge in [0.15, 0.2) is 0 Å². The van der Waals surface area contributed by atoms with Crippen LogP contribution < -0.4 is 0 Å². The van der Waals surface area contributed by atoms with E-state index in [-0.39, 0.29) is 27.1 Å². The Hall–Kier alpha value is -0.490. The van der Waals surface area contributed by atoms with Crippen molar-refractivity contribution in [3.63, 3.8) is 0 Å². The van der Waals surface area contributed by atoms with Gasteiger partial charge in [-0.1, -0.05) is 37.0 Å². The van der Waals surface area contributed by atoms with Crippen LogP contribution in [0.4, 0.5) is 0 Å². The fourth-order valence-corrected chi connectivity index (χ4v) is 2.57. The Morgan fingerprint density at radius 3 is 2.40 bits per heavy atom. The van der Waals surface area contributed by atoms with Gasteiger partial charge in [-0.25, -0.2) is 13.2 Å². The Labute approximate surface area is 132 Å². The first-order chi connectivity index (χ1) is 9.12. The molecule has 0 unspecified atom stereocenters. The molecule has 0 radical (unpaired) electrons. The molecule has 0 aliphatic rings. The van der Waals surface area contributed by atoms with Gasteiger partial charge in [-0.3, -0.25) is 0 Å². The van der Waals surface area contributed by atoms with E-state index in [2.05, 4.69) is 0 Å². The average molecular weight is 360 g/mol. The number of ether oxygens (including phenoxy) is 1. The topological polar surface area (TPSA) is 60.4 Å². The third kappa shape index (κ3) is 4.81. The lowest BCUT2D eigenvalue weighted by molar-refractivity contribution is 0.0488. The molecule has 20 heavy (non-hydrogen) atoms. The standard InChI is InChI=1S/C12H13Cl3O4S/c1-7(2)3-4-19-12(16)9-5-8(20(15,17)18)6-10(13)11(9)14/h5-7H,3-4H2,1-2H3. The maximum absolute atomic E-state index is 11.9. The quantitative estimate of drug-likeness (QED) is 0.586. The van der Waals surface area contributed by atoms with Crippen LogP contribution in [-0.4, -0.2) is 21.0 Å². The summed E-state index contributed by atoms with van der Waals surface area (Å²) in [5.74, 6) is -0.365. The summed E-state index contributed by atoms with van der Waals surface area (Å²) in [5.41, 5.74) is -0.123. The molecule has 0 heterocycles. The lowest BCUT2D eigenvalue weighted by Gasteiger charge is -2.09. The van der Waals surface area contributed by atoms with E-state index in [0.29, 0.717) is 12.3 Å². The Bertz CT molecular complexity index is 611. The van der Waals surface area contributed by atoms with Gasteiger partial charge in [-0.05, 0) is 24.5 Å². The molecule has 8 heteroatoms. The summed E-state index contributed by atoms with van der Waals surface area (Å²) in [7, 11) is 1.21. The van der Waals surface area contributed by atoms with Crippen LogP contribution in [0.25, 0.3) is 0 Å².